The van der Waals surface area contributed by atoms with Gasteiger partial charge in [-0.15, -0.1) is 0 Å². The summed E-state index contributed by atoms with van der Waals surface area (Å²) >= 11 is 3.34. The summed E-state index contributed by atoms with van der Waals surface area (Å²) in [5.41, 5.74) is 2.65. The van der Waals surface area contributed by atoms with Crippen LogP contribution in [-0.2, 0) is 22.3 Å². The van der Waals surface area contributed by atoms with Gasteiger partial charge in [0.1, 0.15) is 5.82 Å². The Morgan fingerprint density at radius 2 is 1.68 bits per heavy atom. The van der Waals surface area contributed by atoms with Gasteiger partial charge in [0, 0.05) is 29.1 Å². The van der Waals surface area contributed by atoms with Gasteiger partial charge in [-0.2, -0.15) is 0 Å². The van der Waals surface area contributed by atoms with E-state index < -0.39 is 10.0 Å². The summed E-state index contributed by atoms with van der Waals surface area (Å²) in [5.74, 6) is 0.870. The molecule has 0 aliphatic rings. The van der Waals surface area contributed by atoms with Crippen molar-refractivity contribution in [3.63, 3.8) is 0 Å². The number of sulfonamides is 1. The predicted molar refractivity (Wildman–Crippen MR) is 102 cm³/mol. The summed E-state index contributed by atoms with van der Waals surface area (Å²) in [7, 11) is -3.39. The van der Waals surface area contributed by atoms with Gasteiger partial charge in [-0.1, -0.05) is 40.2 Å². The molecule has 0 aliphatic heterocycles. The van der Waals surface area contributed by atoms with Crippen molar-refractivity contribution < 1.29 is 8.42 Å². The molecule has 1 heterocycles. The third-order valence-corrected chi connectivity index (χ3v) is 5.63. The highest BCUT2D eigenvalue weighted by atomic mass is 79.9. The molecular weight excluding hydrogens is 402 g/mol. The average Bonchev–Trinajstić information content (AvgIpc) is 3.02. The Hall–Kier alpha value is -1.96. The number of aryl methyl sites for hydroxylation is 1. The normalized spacial score (nSPS) is 11.6. The topological polar surface area (TPSA) is 64.0 Å². The monoisotopic (exact) mass is 419 g/mol. The van der Waals surface area contributed by atoms with Crippen LogP contribution >= 0.6 is 15.9 Å². The minimum atomic E-state index is -3.39. The Bertz CT molecular complexity index is 949. The minimum Gasteiger partial charge on any atom is -0.304 e. The van der Waals surface area contributed by atoms with E-state index in [1.165, 1.54) is 0 Å². The molecule has 3 rings (SSSR count). The summed E-state index contributed by atoms with van der Waals surface area (Å²) in [6.45, 7) is 2.20. The zero-order valence-corrected chi connectivity index (χ0v) is 16.1. The molecule has 25 heavy (non-hydrogen) atoms. The number of nitrogens with one attached hydrogen (secondary N) is 1. The number of imidazole rings is 1. The van der Waals surface area contributed by atoms with Gasteiger partial charge >= 0.3 is 0 Å². The van der Waals surface area contributed by atoms with Crippen LogP contribution in [0.15, 0.2) is 65.4 Å². The number of nitrogens with zero attached hydrogens (tertiary/aromatic N) is 2. The fourth-order valence-electron chi connectivity index (χ4n) is 2.47. The second kappa shape index (κ2) is 7.51. The lowest BCUT2D eigenvalue weighted by molar-refractivity contribution is 0.580. The zero-order valence-electron chi connectivity index (χ0n) is 13.7. The van der Waals surface area contributed by atoms with E-state index in [2.05, 4.69) is 25.6 Å². The molecule has 0 saturated carbocycles. The van der Waals surface area contributed by atoms with Crippen molar-refractivity contribution in [1.82, 2.24) is 14.3 Å². The highest BCUT2D eigenvalue weighted by Crippen LogP contribution is 2.14. The number of halogens is 1. The first-order valence-electron chi connectivity index (χ1n) is 7.74. The van der Waals surface area contributed by atoms with Gasteiger partial charge < -0.3 is 4.57 Å². The molecule has 0 amide bonds. The molecule has 0 aliphatic carbocycles. The molecular formula is C18H18BrN3O2S. The molecule has 0 fully saturated rings. The zero-order chi connectivity index (χ0) is 17.9. The van der Waals surface area contributed by atoms with E-state index in [1.807, 2.05) is 54.1 Å². The second-order valence-electron chi connectivity index (χ2n) is 5.72. The lowest BCUT2D eigenvalue weighted by atomic mass is 10.2. The molecule has 1 aromatic heterocycles. The van der Waals surface area contributed by atoms with Gasteiger partial charge in [0.05, 0.1) is 5.75 Å². The van der Waals surface area contributed by atoms with Crippen molar-refractivity contribution in [2.45, 2.75) is 19.2 Å². The SMILES string of the molecule is Cc1nccn1-c1ccc(CNS(=O)(=O)Cc2ccc(Br)cc2)cc1. The number of benzene rings is 2. The summed E-state index contributed by atoms with van der Waals surface area (Å²) in [4.78, 5) is 4.20. The van der Waals surface area contributed by atoms with Gasteiger partial charge in [0.2, 0.25) is 10.0 Å². The third kappa shape index (κ3) is 4.78. The molecule has 0 spiro atoms. The lowest BCUT2D eigenvalue weighted by Gasteiger charge is -2.09. The van der Waals surface area contributed by atoms with Crippen LogP contribution in [0.1, 0.15) is 17.0 Å². The number of rotatable bonds is 6. The molecule has 5 nitrogen and oxygen atoms in total. The van der Waals surface area contributed by atoms with Gasteiger partial charge in [-0.25, -0.2) is 18.1 Å². The number of aromatic nitrogens is 2. The molecule has 0 atom stereocenters. The van der Waals surface area contributed by atoms with Crippen molar-refractivity contribution in [2.75, 3.05) is 0 Å². The van der Waals surface area contributed by atoms with E-state index in [4.69, 9.17) is 0 Å². The van der Waals surface area contributed by atoms with Crippen LogP contribution in [-0.4, -0.2) is 18.0 Å². The number of hydrogen-bond donors (Lipinski definition) is 1. The molecule has 0 saturated heterocycles. The van der Waals surface area contributed by atoms with Gasteiger partial charge in [-0.05, 0) is 42.3 Å². The Balaban J connectivity index is 1.62. The minimum absolute atomic E-state index is 0.0351. The lowest BCUT2D eigenvalue weighted by Crippen LogP contribution is -2.24. The summed E-state index contributed by atoms with van der Waals surface area (Å²) < 4.78 is 30.0. The highest BCUT2D eigenvalue weighted by molar-refractivity contribution is 9.10. The highest BCUT2D eigenvalue weighted by Gasteiger charge is 2.11. The van der Waals surface area contributed by atoms with Crippen LogP contribution in [0.4, 0.5) is 0 Å². The smallest absolute Gasteiger partial charge is 0.216 e. The van der Waals surface area contributed by atoms with Crippen molar-refractivity contribution in [3.05, 3.63) is 82.3 Å². The van der Waals surface area contributed by atoms with E-state index in [0.717, 1.165) is 27.1 Å². The second-order valence-corrected chi connectivity index (χ2v) is 8.44. The molecule has 1 N–H and O–H groups in total. The first kappa shape index (κ1) is 17.8. The summed E-state index contributed by atoms with van der Waals surface area (Å²) in [6.07, 6.45) is 3.64. The predicted octanol–water partition coefficient (Wildman–Crippen LogP) is 3.56. The largest absolute Gasteiger partial charge is 0.304 e. The van der Waals surface area contributed by atoms with E-state index in [-0.39, 0.29) is 12.3 Å². The number of hydrogen-bond acceptors (Lipinski definition) is 3. The van der Waals surface area contributed by atoms with Crippen LogP contribution in [0.5, 0.6) is 0 Å². The van der Waals surface area contributed by atoms with Crippen LogP contribution in [0.3, 0.4) is 0 Å². The van der Waals surface area contributed by atoms with E-state index in [9.17, 15) is 8.42 Å². The maximum atomic E-state index is 12.2. The van der Waals surface area contributed by atoms with Gasteiger partial charge in [0.25, 0.3) is 0 Å². The van der Waals surface area contributed by atoms with Crippen LogP contribution in [0, 0.1) is 6.92 Å². The fraction of sp³-hybridized carbons (Fsp3) is 0.167. The van der Waals surface area contributed by atoms with E-state index in [0.29, 0.717) is 0 Å². The van der Waals surface area contributed by atoms with Crippen LogP contribution in [0.25, 0.3) is 5.69 Å². The van der Waals surface area contributed by atoms with Crippen molar-refractivity contribution in [2.24, 2.45) is 0 Å². The quantitative estimate of drug-likeness (QED) is 0.663. The Kier molecular flexibility index (Phi) is 5.36. The van der Waals surface area contributed by atoms with E-state index >= 15 is 0 Å². The average molecular weight is 420 g/mol. The fourth-order valence-corrected chi connectivity index (χ4v) is 3.85. The van der Waals surface area contributed by atoms with Gasteiger partial charge in [-0.3, -0.25) is 0 Å². The molecule has 3 aromatic rings. The standard InChI is InChI=1S/C18H18BrN3O2S/c1-14-20-10-11-22(14)18-8-4-15(5-9-18)12-21-25(23,24)13-16-2-6-17(19)7-3-16/h2-11,21H,12-13H2,1H3. The van der Waals surface area contributed by atoms with Crippen molar-refractivity contribution >= 4 is 26.0 Å². The van der Waals surface area contributed by atoms with Crippen molar-refractivity contribution in [1.29, 1.82) is 0 Å². The van der Waals surface area contributed by atoms with Crippen LogP contribution < -0.4 is 4.72 Å². The summed E-state index contributed by atoms with van der Waals surface area (Å²) in [5, 5.41) is 0. The third-order valence-electron chi connectivity index (χ3n) is 3.81. The van der Waals surface area contributed by atoms with Crippen LogP contribution in [0.2, 0.25) is 0 Å². The summed E-state index contributed by atoms with van der Waals surface area (Å²) in [6, 6.07) is 15.0. The Labute approximate surface area is 155 Å². The Morgan fingerprint density at radius 3 is 2.28 bits per heavy atom. The maximum Gasteiger partial charge on any atom is 0.216 e. The molecule has 2 aromatic carbocycles. The maximum absolute atomic E-state index is 12.2. The van der Waals surface area contributed by atoms with E-state index in [1.54, 1.807) is 18.3 Å². The first-order valence-corrected chi connectivity index (χ1v) is 10.2. The van der Waals surface area contributed by atoms with Gasteiger partial charge in [0.15, 0.2) is 0 Å². The molecule has 0 unspecified atom stereocenters. The molecule has 0 bridgehead atoms. The first-order chi connectivity index (χ1) is 11.9. The van der Waals surface area contributed by atoms with Crippen molar-refractivity contribution in [3.8, 4) is 5.69 Å². The molecule has 0 radical (unpaired) electrons. The molecule has 130 valence electrons. The molecule has 7 heteroatoms. The Morgan fingerprint density at radius 1 is 1.04 bits per heavy atom.